The Kier molecular flexibility index (Phi) is 4.28. The molecule has 0 fully saturated rings. The molecule has 0 saturated carbocycles. The maximum atomic E-state index is 5.96. The van der Waals surface area contributed by atoms with E-state index in [9.17, 15) is 0 Å². The number of halogens is 2. The first kappa shape index (κ1) is 13.0. The van der Waals surface area contributed by atoms with Crippen LogP contribution in [0.5, 0.6) is 5.75 Å². The van der Waals surface area contributed by atoms with E-state index in [1.54, 1.807) is 12.1 Å². The SMILES string of the molecule is CNc1ccc(OCc2ccc(Cl)nc2Cl)cc1. The lowest BCUT2D eigenvalue weighted by molar-refractivity contribution is 0.306. The molecule has 1 N–H and O–H groups in total. The number of pyridine rings is 1. The van der Waals surface area contributed by atoms with Gasteiger partial charge < -0.3 is 10.1 Å². The molecule has 1 heterocycles. The highest BCUT2D eigenvalue weighted by Gasteiger charge is 2.03. The van der Waals surface area contributed by atoms with Crippen molar-refractivity contribution in [1.29, 1.82) is 0 Å². The lowest BCUT2D eigenvalue weighted by Crippen LogP contribution is -1.98. The van der Waals surface area contributed by atoms with Gasteiger partial charge in [-0.2, -0.15) is 0 Å². The summed E-state index contributed by atoms with van der Waals surface area (Å²) in [6, 6.07) is 11.2. The van der Waals surface area contributed by atoms with Crippen LogP contribution in [0.25, 0.3) is 0 Å². The van der Waals surface area contributed by atoms with E-state index in [2.05, 4.69) is 10.3 Å². The molecule has 0 unspecified atom stereocenters. The molecule has 0 atom stereocenters. The molecule has 3 nitrogen and oxygen atoms in total. The van der Waals surface area contributed by atoms with Gasteiger partial charge in [0.25, 0.3) is 0 Å². The molecule has 2 rings (SSSR count). The van der Waals surface area contributed by atoms with Gasteiger partial charge >= 0.3 is 0 Å². The Hall–Kier alpha value is -1.45. The molecule has 0 radical (unpaired) electrons. The third-order valence-corrected chi connectivity index (χ3v) is 2.97. The fraction of sp³-hybridized carbons (Fsp3) is 0.154. The largest absolute Gasteiger partial charge is 0.489 e. The average molecular weight is 283 g/mol. The minimum absolute atomic E-state index is 0.363. The third kappa shape index (κ3) is 3.28. The van der Waals surface area contributed by atoms with Crippen LogP contribution < -0.4 is 10.1 Å². The van der Waals surface area contributed by atoms with Crippen LogP contribution in [-0.2, 0) is 6.61 Å². The molecule has 2 aromatic rings. The number of anilines is 1. The van der Waals surface area contributed by atoms with Crippen LogP contribution in [0, 0.1) is 0 Å². The first-order chi connectivity index (χ1) is 8.69. The normalized spacial score (nSPS) is 10.2. The molecule has 0 spiro atoms. The topological polar surface area (TPSA) is 34.1 Å². The summed E-state index contributed by atoms with van der Waals surface area (Å²) in [6.07, 6.45) is 0. The minimum atomic E-state index is 0.363. The van der Waals surface area contributed by atoms with Crippen molar-refractivity contribution in [3.8, 4) is 5.75 Å². The van der Waals surface area contributed by atoms with Crippen molar-refractivity contribution in [2.75, 3.05) is 12.4 Å². The highest BCUT2D eigenvalue weighted by molar-refractivity contribution is 6.32. The predicted octanol–water partition coefficient (Wildman–Crippen LogP) is 4.01. The van der Waals surface area contributed by atoms with Crippen LogP contribution in [0.2, 0.25) is 10.3 Å². The summed E-state index contributed by atoms with van der Waals surface area (Å²) in [4.78, 5) is 3.95. The van der Waals surface area contributed by atoms with Gasteiger partial charge in [-0.1, -0.05) is 23.2 Å². The summed E-state index contributed by atoms with van der Waals surface area (Å²) < 4.78 is 5.62. The van der Waals surface area contributed by atoms with E-state index in [0.717, 1.165) is 17.0 Å². The molecule has 0 aliphatic rings. The molecule has 0 aliphatic carbocycles. The molecule has 0 amide bonds. The maximum Gasteiger partial charge on any atom is 0.137 e. The fourth-order valence-corrected chi connectivity index (χ4v) is 1.83. The van der Waals surface area contributed by atoms with Crippen LogP contribution in [-0.4, -0.2) is 12.0 Å². The Balaban J connectivity index is 2.02. The van der Waals surface area contributed by atoms with E-state index in [-0.39, 0.29) is 0 Å². The van der Waals surface area contributed by atoms with Crippen molar-refractivity contribution in [1.82, 2.24) is 4.98 Å². The smallest absolute Gasteiger partial charge is 0.137 e. The first-order valence-corrected chi connectivity index (χ1v) is 6.16. The first-order valence-electron chi connectivity index (χ1n) is 5.40. The molecule has 0 saturated heterocycles. The second-order valence-electron chi connectivity index (χ2n) is 3.65. The van der Waals surface area contributed by atoms with Crippen LogP contribution in [0.15, 0.2) is 36.4 Å². The second-order valence-corrected chi connectivity index (χ2v) is 4.39. The summed E-state index contributed by atoms with van der Waals surface area (Å²) in [7, 11) is 1.87. The molecule has 5 heteroatoms. The lowest BCUT2D eigenvalue weighted by atomic mass is 10.3. The molecule has 0 aliphatic heterocycles. The zero-order valence-corrected chi connectivity index (χ0v) is 11.3. The Bertz CT molecular complexity index is 529. The Morgan fingerprint density at radius 2 is 1.83 bits per heavy atom. The lowest BCUT2D eigenvalue weighted by Gasteiger charge is -2.08. The van der Waals surface area contributed by atoms with Gasteiger partial charge in [-0.15, -0.1) is 0 Å². The summed E-state index contributed by atoms with van der Waals surface area (Å²) in [5.74, 6) is 0.778. The fourth-order valence-electron chi connectivity index (χ4n) is 1.43. The predicted molar refractivity (Wildman–Crippen MR) is 74.6 cm³/mol. The van der Waals surface area contributed by atoms with Crippen LogP contribution in [0.3, 0.4) is 0 Å². The number of hydrogen-bond acceptors (Lipinski definition) is 3. The highest BCUT2D eigenvalue weighted by atomic mass is 35.5. The molecule has 94 valence electrons. The van der Waals surface area contributed by atoms with E-state index < -0.39 is 0 Å². The molecule has 1 aromatic heterocycles. The summed E-state index contributed by atoms with van der Waals surface area (Å²) in [6.45, 7) is 0.363. The summed E-state index contributed by atoms with van der Waals surface area (Å²) in [5, 5.41) is 3.79. The van der Waals surface area contributed by atoms with Crippen molar-refractivity contribution in [3.05, 3.63) is 52.3 Å². The van der Waals surface area contributed by atoms with E-state index in [4.69, 9.17) is 27.9 Å². The van der Waals surface area contributed by atoms with Crippen LogP contribution in [0.4, 0.5) is 5.69 Å². The van der Waals surface area contributed by atoms with Gasteiger partial charge in [0, 0.05) is 18.3 Å². The van der Waals surface area contributed by atoms with Gasteiger partial charge in [0.2, 0.25) is 0 Å². The Morgan fingerprint density at radius 1 is 1.11 bits per heavy atom. The number of hydrogen-bond donors (Lipinski definition) is 1. The van der Waals surface area contributed by atoms with Gasteiger partial charge in [-0.05, 0) is 36.4 Å². The standard InChI is InChI=1S/C13H12Cl2N2O/c1-16-10-3-5-11(6-4-10)18-8-9-2-7-12(14)17-13(9)15/h2-7,16H,8H2,1H3. The van der Waals surface area contributed by atoms with E-state index in [1.165, 1.54) is 0 Å². The number of ether oxygens (including phenoxy) is 1. The van der Waals surface area contributed by atoms with Crippen molar-refractivity contribution < 1.29 is 4.74 Å². The van der Waals surface area contributed by atoms with Crippen LogP contribution >= 0.6 is 23.2 Å². The van der Waals surface area contributed by atoms with E-state index in [1.807, 2.05) is 31.3 Å². The summed E-state index contributed by atoms with van der Waals surface area (Å²) in [5.41, 5.74) is 1.84. The Labute approximate surface area is 116 Å². The quantitative estimate of drug-likeness (QED) is 0.861. The van der Waals surface area contributed by atoms with Gasteiger partial charge in [0.05, 0.1) is 0 Å². The monoisotopic (exact) mass is 282 g/mol. The van der Waals surface area contributed by atoms with Crippen molar-refractivity contribution in [2.45, 2.75) is 6.61 Å². The van der Waals surface area contributed by atoms with E-state index >= 15 is 0 Å². The number of benzene rings is 1. The average Bonchev–Trinajstić information content (AvgIpc) is 2.38. The molecule has 18 heavy (non-hydrogen) atoms. The van der Waals surface area contributed by atoms with Crippen molar-refractivity contribution in [2.24, 2.45) is 0 Å². The summed E-state index contributed by atoms with van der Waals surface area (Å²) >= 11 is 11.7. The van der Waals surface area contributed by atoms with Crippen LogP contribution in [0.1, 0.15) is 5.56 Å². The zero-order valence-electron chi connectivity index (χ0n) is 9.78. The van der Waals surface area contributed by atoms with Gasteiger partial charge in [0.1, 0.15) is 22.7 Å². The molecule has 0 bridgehead atoms. The van der Waals surface area contributed by atoms with Crippen molar-refractivity contribution in [3.63, 3.8) is 0 Å². The molecular weight excluding hydrogens is 271 g/mol. The highest BCUT2D eigenvalue weighted by Crippen LogP contribution is 2.20. The third-order valence-electron chi connectivity index (χ3n) is 2.43. The van der Waals surface area contributed by atoms with Gasteiger partial charge in [0.15, 0.2) is 0 Å². The molecule has 1 aromatic carbocycles. The maximum absolute atomic E-state index is 5.96. The molecular formula is C13H12Cl2N2O. The number of aromatic nitrogens is 1. The zero-order chi connectivity index (χ0) is 13.0. The number of nitrogens with zero attached hydrogens (tertiary/aromatic N) is 1. The van der Waals surface area contributed by atoms with Gasteiger partial charge in [-0.3, -0.25) is 0 Å². The van der Waals surface area contributed by atoms with Crippen molar-refractivity contribution >= 4 is 28.9 Å². The number of nitrogens with one attached hydrogen (secondary N) is 1. The minimum Gasteiger partial charge on any atom is -0.489 e. The Morgan fingerprint density at radius 3 is 2.44 bits per heavy atom. The number of rotatable bonds is 4. The van der Waals surface area contributed by atoms with E-state index in [0.29, 0.717) is 16.9 Å². The second kappa shape index (κ2) is 5.94. The van der Waals surface area contributed by atoms with Gasteiger partial charge in [-0.25, -0.2) is 4.98 Å².